The molecule has 2 fully saturated rings. The van der Waals surface area contributed by atoms with Crippen molar-refractivity contribution in [1.82, 2.24) is 30.7 Å². The number of halogens is 7. The van der Waals surface area contributed by atoms with Crippen molar-refractivity contribution in [3.8, 4) is 34.1 Å². The Morgan fingerprint density at radius 3 is 2.00 bits per heavy atom. The summed E-state index contributed by atoms with van der Waals surface area (Å²) in [6.45, 7) is 4.40. The van der Waals surface area contributed by atoms with Crippen LogP contribution < -0.4 is 10.1 Å². The van der Waals surface area contributed by atoms with Crippen LogP contribution in [-0.2, 0) is 9.59 Å². The molecule has 2 aliphatic rings. The summed E-state index contributed by atoms with van der Waals surface area (Å²) in [7, 11) is 0. The molecule has 1 aliphatic carbocycles. The molecule has 1 unspecified atom stereocenters. The molecule has 0 bridgehead atoms. The summed E-state index contributed by atoms with van der Waals surface area (Å²) in [5.74, 6) is -5.76. The number of piperidine rings is 1. The first-order chi connectivity index (χ1) is 20.2. The highest BCUT2D eigenvalue weighted by Crippen LogP contribution is 2.46. The maximum atomic E-state index is 13.7. The number of nitrogens with zero attached hydrogens (tertiary/aromatic N) is 4. The summed E-state index contributed by atoms with van der Waals surface area (Å²) in [6, 6.07) is 4.87. The van der Waals surface area contributed by atoms with E-state index in [2.05, 4.69) is 44.5 Å². The first kappa shape index (κ1) is 33.9. The molecule has 3 aromatic heterocycles. The number of ether oxygens (including phenoxy) is 1. The molecule has 44 heavy (non-hydrogen) atoms. The Hall–Kier alpha value is -4.55. The summed E-state index contributed by atoms with van der Waals surface area (Å²) in [5.41, 5.74) is 1.56. The molecule has 1 spiro atoms. The lowest BCUT2D eigenvalue weighted by atomic mass is 9.85. The second kappa shape index (κ2) is 12.6. The van der Waals surface area contributed by atoms with Crippen LogP contribution in [0.2, 0.25) is 0 Å². The van der Waals surface area contributed by atoms with Gasteiger partial charge in [0.1, 0.15) is 23.2 Å². The van der Waals surface area contributed by atoms with Gasteiger partial charge in [-0.3, -0.25) is 5.10 Å². The fraction of sp³-hybridized carbons (Fsp3) is 0.440. The van der Waals surface area contributed by atoms with Crippen molar-refractivity contribution in [3.63, 3.8) is 0 Å². The fourth-order valence-electron chi connectivity index (χ4n) is 4.41. The second-order valence-corrected chi connectivity index (χ2v) is 10.5. The molecule has 240 valence electrons. The Bertz CT molecular complexity index is 1440. The number of hydrogen-bond acceptors (Lipinski definition) is 9. The molecule has 5 rings (SSSR count). The Labute approximate surface area is 243 Å². The number of carboxylic acid groups (broad SMARTS) is 2. The number of alkyl halides is 6. The van der Waals surface area contributed by atoms with Crippen LogP contribution in [0.1, 0.15) is 39.5 Å². The number of H-pyrrole nitrogens is 1. The monoisotopic (exact) mass is 638 g/mol. The third-order valence-electron chi connectivity index (χ3n) is 6.24. The summed E-state index contributed by atoms with van der Waals surface area (Å²) in [4.78, 5) is 22.0. The van der Waals surface area contributed by atoms with Gasteiger partial charge in [0.15, 0.2) is 0 Å². The second-order valence-electron chi connectivity index (χ2n) is 10.5. The van der Waals surface area contributed by atoms with Crippen molar-refractivity contribution in [2.24, 2.45) is 0 Å². The number of aromatic hydroxyl groups is 1. The normalized spacial score (nSPS) is 18.2. The molecule has 1 saturated carbocycles. The van der Waals surface area contributed by atoms with Crippen LogP contribution >= 0.6 is 0 Å². The van der Waals surface area contributed by atoms with E-state index in [4.69, 9.17) is 24.5 Å². The topological polar surface area (TPSA) is 183 Å². The number of pyridine rings is 1. The standard InChI is InChI=1S/C21H23FN6O2.2C2HF3O2/c1-20(2)8-13(9-21(28-20)5-6-21)30-17-4-3-15(25-26-17)18-16(29)7-12(10-23-18)14-11-24-27-19(14)22;2*3-2(4,5)1(6)7/h3-4,7,10-11,13,28-29H,5-6,8-9H2,1-2H3,(H,24,27);2*(H,6,7). The number of aromatic nitrogens is 5. The number of aromatic amines is 1. The minimum absolute atomic E-state index is 0.0265. The van der Waals surface area contributed by atoms with Crippen molar-refractivity contribution >= 4 is 11.9 Å². The SMILES string of the molecule is CC1(C)CC(Oc2ccc(-c3ncc(-c4cn[nH]c4F)cc3O)nn2)CC2(CC2)N1.O=C(O)C(F)(F)F.O=C(O)C(F)(F)F. The first-order valence-corrected chi connectivity index (χ1v) is 12.5. The van der Waals surface area contributed by atoms with Gasteiger partial charge in [-0.2, -0.15) is 35.8 Å². The average Bonchev–Trinajstić information content (AvgIpc) is 3.46. The van der Waals surface area contributed by atoms with Crippen LogP contribution in [0.3, 0.4) is 0 Å². The maximum Gasteiger partial charge on any atom is 0.490 e. The van der Waals surface area contributed by atoms with Crippen molar-refractivity contribution < 1.29 is 60.4 Å². The van der Waals surface area contributed by atoms with E-state index in [0.29, 0.717) is 17.1 Å². The van der Waals surface area contributed by atoms with E-state index in [1.54, 1.807) is 12.1 Å². The highest BCUT2D eigenvalue weighted by atomic mass is 19.4. The molecule has 5 N–H and O–H groups in total. The summed E-state index contributed by atoms with van der Waals surface area (Å²) in [5, 5.41) is 42.5. The van der Waals surface area contributed by atoms with Crippen molar-refractivity contribution in [3.05, 3.63) is 36.5 Å². The van der Waals surface area contributed by atoms with Gasteiger partial charge >= 0.3 is 24.3 Å². The number of hydrogen-bond donors (Lipinski definition) is 5. The van der Waals surface area contributed by atoms with Crippen LogP contribution in [-0.4, -0.2) is 82.2 Å². The van der Waals surface area contributed by atoms with Crippen LogP contribution in [0.15, 0.2) is 30.6 Å². The molecule has 1 aliphatic heterocycles. The average molecular weight is 638 g/mol. The molecule has 1 saturated heterocycles. The molecule has 19 heteroatoms. The summed E-state index contributed by atoms with van der Waals surface area (Å²) < 4.78 is 83.3. The molecule has 0 radical (unpaired) electrons. The largest absolute Gasteiger partial charge is 0.506 e. The van der Waals surface area contributed by atoms with E-state index in [-0.39, 0.29) is 34.2 Å². The molecule has 3 aromatic rings. The van der Waals surface area contributed by atoms with E-state index in [1.165, 1.54) is 31.3 Å². The molecular formula is C25H25F7N6O6. The lowest BCUT2D eigenvalue weighted by Gasteiger charge is -2.41. The Morgan fingerprint density at radius 2 is 1.57 bits per heavy atom. The zero-order valence-electron chi connectivity index (χ0n) is 22.8. The number of aliphatic carboxylic acids is 2. The van der Waals surface area contributed by atoms with Gasteiger partial charge in [-0.15, -0.1) is 10.2 Å². The number of nitrogens with one attached hydrogen (secondary N) is 2. The van der Waals surface area contributed by atoms with Crippen molar-refractivity contribution in [2.75, 3.05) is 0 Å². The predicted octanol–water partition coefficient (Wildman–Crippen LogP) is 4.48. The van der Waals surface area contributed by atoms with Gasteiger partial charge in [-0.1, -0.05) is 0 Å². The molecule has 12 nitrogen and oxygen atoms in total. The third kappa shape index (κ3) is 9.22. The molecule has 0 aromatic carbocycles. The van der Waals surface area contributed by atoms with Gasteiger partial charge in [0, 0.05) is 41.7 Å². The van der Waals surface area contributed by atoms with E-state index in [0.717, 1.165) is 12.8 Å². The zero-order valence-corrected chi connectivity index (χ0v) is 22.8. The van der Waals surface area contributed by atoms with Crippen molar-refractivity contribution in [2.45, 2.75) is 69.1 Å². The van der Waals surface area contributed by atoms with Gasteiger partial charge in [0.2, 0.25) is 11.8 Å². The lowest BCUT2D eigenvalue weighted by molar-refractivity contribution is -0.193. The predicted molar refractivity (Wildman–Crippen MR) is 135 cm³/mol. The van der Waals surface area contributed by atoms with Crippen LogP contribution in [0.4, 0.5) is 30.7 Å². The van der Waals surface area contributed by atoms with E-state index in [9.17, 15) is 35.8 Å². The highest BCUT2D eigenvalue weighted by molar-refractivity contribution is 5.73. The van der Waals surface area contributed by atoms with Crippen LogP contribution in [0.25, 0.3) is 22.5 Å². The van der Waals surface area contributed by atoms with Gasteiger partial charge in [0.05, 0.1) is 11.8 Å². The Morgan fingerprint density at radius 1 is 0.977 bits per heavy atom. The van der Waals surface area contributed by atoms with Gasteiger partial charge in [0.25, 0.3) is 0 Å². The number of carboxylic acids is 2. The van der Waals surface area contributed by atoms with Gasteiger partial charge in [-0.25, -0.2) is 14.6 Å². The molecule has 4 heterocycles. The molecule has 1 atom stereocenters. The minimum Gasteiger partial charge on any atom is -0.506 e. The minimum atomic E-state index is -5.08. The highest BCUT2D eigenvalue weighted by Gasteiger charge is 2.51. The smallest absolute Gasteiger partial charge is 0.490 e. The fourth-order valence-corrected chi connectivity index (χ4v) is 4.41. The van der Waals surface area contributed by atoms with E-state index in [1.807, 2.05) is 0 Å². The summed E-state index contributed by atoms with van der Waals surface area (Å²) in [6.07, 6.45) is -3.05. The van der Waals surface area contributed by atoms with Gasteiger partial charge in [-0.05, 0) is 38.8 Å². The lowest BCUT2D eigenvalue weighted by Crippen LogP contribution is -2.56. The first-order valence-electron chi connectivity index (χ1n) is 12.5. The zero-order chi connectivity index (χ0) is 33.1. The third-order valence-corrected chi connectivity index (χ3v) is 6.24. The quantitative estimate of drug-likeness (QED) is 0.254. The van der Waals surface area contributed by atoms with E-state index < -0.39 is 30.2 Å². The number of rotatable bonds is 4. The van der Waals surface area contributed by atoms with Crippen LogP contribution in [0, 0.1) is 5.95 Å². The van der Waals surface area contributed by atoms with Gasteiger partial charge < -0.3 is 25.4 Å². The Kier molecular flexibility index (Phi) is 9.71. The molecule has 0 amide bonds. The van der Waals surface area contributed by atoms with Crippen molar-refractivity contribution in [1.29, 1.82) is 0 Å². The molecular weight excluding hydrogens is 613 g/mol. The van der Waals surface area contributed by atoms with Crippen LogP contribution in [0.5, 0.6) is 11.6 Å². The Balaban J connectivity index is 0.000000317. The number of carbonyl (C=O) groups is 2. The maximum absolute atomic E-state index is 13.7. The summed E-state index contributed by atoms with van der Waals surface area (Å²) >= 11 is 0. The van der Waals surface area contributed by atoms with E-state index >= 15 is 0 Å².